The fourth-order valence-corrected chi connectivity index (χ4v) is 3.27. The van der Waals surface area contributed by atoms with Crippen molar-refractivity contribution < 1.29 is 9.59 Å². The second-order valence-electron chi connectivity index (χ2n) is 8.21. The molecule has 1 aromatic carbocycles. The maximum Gasteiger partial charge on any atom is 0.252 e. The van der Waals surface area contributed by atoms with Gasteiger partial charge in [-0.1, -0.05) is 45.9 Å². The standard InChI is InChI=1S/C21H32N2O2/c1-14(2)12-18(20(25)22-13-21(10-11-21)15(3)4)23-19(24)17-9-7-6-8-16(17)5/h6-9,14-15,18H,10-13H2,1-5H3,(H,22,25)(H,23,24)/t18-/m0/s1. The first-order valence-corrected chi connectivity index (χ1v) is 9.39. The SMILES string of the molecule is Cc1ccccc1C(=O)N[C@@H](CC(C)C)C(=O)NCC1(C(C)C)CC1. The highest BCUT2D eigenvalue weighted by atomic mass is 16.2. The molecule has 4 heteroatoms. The minimum atomic E-state index is -0.491. The van der Waals surface area contributed by atoms with Gasteiger partial charge in [0.15, 0.2) is 0 Å². The second-order valence-corrected chi connectivity index (χ2v) is 8.21. The van der Waals surface area contributed by atoms with Crippen molar-refractivity contribution in [2.75, 3.05) is 6.54 Å². The molecule has 1 atom stereocenters. The molecule has 0 bridgehead atoms. The zero-order valence-corrected chi connectivity index (χ0v) is 16.2. The Kier molecular flexibility index (Phi) is 6.26. The molecule has 138 valence electrons. The molecule has 0 saturated heterocycles. The van der Waals surface area contributed by atoms with Crippen LogP contribution in [0, 0.1) is 24.2 Å². The lowest BCUT2D eigenvalue weighted by atomic mass is 9.92. The molecule has 0 aliphatic heterocycles. The lowest BCUT2D eigenvalue weighted by molar-refractivity contribution is -0.123. The summed E-state index contributed by atoms with van der Waals surface area (Å²) in [5.74, 6) is 0.650. The maximum absolute atomic E-state index is 12.7. The molecule has 0 spiro atoms. The molecule has 1 fully saturated rings. The topological polar surface area (TPSA) is 58.2 Å². The van der Waals surface area contributed by atoms with Crippen LogP contribution in [-0.4, -0.2) is 24.4 Å². The third-order valence-electron chi connectivity index (χ3n) is 5.45. The number of hydrogen-bond acceptors (Lipinski definition) is 2. The molecule has 0 heterocycles. The second kappa shape index (κ2) is 8.03. The predicted molar refractivity (Wildman–Crippen MR) is 101 cm³/mol. The van der Waals surface area contributed by atoms with Gasteiger partial charge >= 0.3 is 0 Å². The summed E-state index contributed by atoms with van der Waals surface area (Å²) in [7, 11) is 0. The van der Waals surface area contributed by atoms with Gasteiger partial charge in [0.05, 0.1) is 0 Å². The van der Waals surface area contributed by atoms with Gasteiger partial charge < -0.3 is 10.6 Å². The van der Waals surface area contributed by atoms with Crippen molar-refractivity contribution in [3.8, 4) is 0 Å². The highest BCUT2D eigenvalue weighted by molar-refractivity contribution is 5.98. The molecule has 4 nitrogen and oxygen atoms in total. The molecule has 1 aliphatic rings. The number of carbonyl (C=O) groups is 2. The number of hydrogen-bond donors (Lipinski definition) is 2. The van der Waals surface area contributed by atoms with Crippen LogP contribution in [0.3, 0.4) is 0 Å². The average Bonchev–Trinajstić information content (AvgIpc) is 3.33. The van der Waals surface area contributed by atoms with E-state index in [1.807, 2.05) is 25.1 Å². The molecule has 0 unspecified atom stereocenters. The van der Waals surface area contributed by atoms with Crippen molar-refractivity contribution in [3.63, 3.8) is 0 Å². The van der Waals surface area contributed by atoms with Gasteiger partial charge in [0, 0.05) is 12.1 Å². The van der Waals surface area contributed by atoms with Crippen LogP contribution in [0.5, 0.6) is 0 Å². The quantitative estimate of drug-likeness (QED) is 0.755. The van der Waals surface area contributed by atoms with Gasteiger partial charge in [0.2, 0.25) is 5.91 Å². The normalized spacial score (nSPS) is 16.6. The molecule has 2 rings (SSSR count). The van der Waals surface area contributed by atoms with Crippen LogP contribution in [-0.2, 0) is 4.79 Å². The molecular weight excluding hydrogens is 312 g/mol. The first-order chi connectivity index (χ1) is 11.7. The Balaban J connectivity index is 2.01. The summed E-state index contributed by atoms with van der Waals surface area (Å²) in [4.78, 5) is 25.3. The molecule has 2 N–H and O–H groups in total. The lowest BCUT2D eigenvalue weighted by Crippen LogP contribution is -2.49. The number of benzene rings is 1. The van der Waals surface area contributed by atoms with Gasteiger partial charge in [-0.15, -0.1) is 0 Å². The molecular formula is C21H32N2O2. The molecule has 2 amide bonds. The Morgan fingerprint density at radius 1 is 1.12 bits per heavy atom. The number of amides is 2. The van der Waals surface area contributed by atoms with Crippen LogP contribution >= 0.6 is 0 Å². The monoisotopic (exact) mass is 344 g/mol. The smallest absolute Gasteiger partial charge is 0.252 e. The summed E-state index contributed by atoms with van der Waals surface area (Å²) in [5.41, 5.74) is 1.81. The van der Waals surface area contributed by atoms with Gasteiger partial charge in [-0.3, -0.25) is 9.59 Å². The van der Waals surface area contributed by atoms with E-state index in [4.69, 9.17) is 0 Å². The molecule has 0 radical (unpaired) electrons. The van der Waals surface area contributed by atoms with Crippen molar-refractivity contribution in [3.05, 3.63) is 35.4 Å². The van der Waals surface area contributed by atoms with E-state index in [0.29, 0.717) is 30.4 Å². The Morgan fingerprint density at radius 2 is 1.76 bits per heavy atom. The Morgan fingerprint density at radius 3 is 2.28 bits per heavy atom. The van der Waals surface area contributed by atoms with Gasteiger partial charge in [-0.25, -0.2) is 0 Å². The van der Waals surface area contributed by atoms with E-state index in [1.165, 1.54) is 12.8 Å². The van der Waals surface area contributed by atoms with Crippen LogP contribution in [0.4, 0.5) is 0 Å². The summed E-state index contributed by atoms with van der Waals surface area (Å²) in [5, 5.41) is 6.03. The average molecular weight is 344 g/mol. The van der Waals surface area contributed by atoms with Gasteiger partial charge in [-0.05, 0) is 55.1 Å². The zero-order chi connectivity index (χ0) is 18.6. The van der Waals surface area contributed by atoms with Gasteiger partial charge in [0.25, 0.3) is 5.91 Å². The van der Waals surface area contributed by atoms with Crippen LogP contribution in [0.15, 0.2) is 24.3 Å². The predicted octanol–water partition coefficient (Wildman–Crippen LogP) is 3.69. The summed E-state index contributed by atoms with van der Waals surface area (Å²) >= 11 is 0. The van der Waals surface area contributed by atoms with E-state index < -0.39 is 6.04 Å². The maximum atomic E-state index is 12.7. The molecule has 1 saturated carbocycles. The highest BCUT2D eigenvalue weighted by Crippen LogP contribution is 2.51. The first kappa shape index (κ1) is 19.5. The van der Waals surface area contributed by atoms with E-state index in [9.17, 15) is 9.59 Å². The zero-order valence-electron chi connectivity index (χ0n) is 16.2. The van der Waals surface area contributed by atoms with Crippen molar-refractivity contribution in [2.45, 2.75) is 59.9 Å². The van der Waals surface area contributed by atoms with Crippen LogP contribution in [0.1, 0.15) is 62.9 Å². The third kappa shape index (κ3) is 5.07. The summed E-state index contributed by atoms with van der Waals surface area (Å²) in [6.45, 7) is 11.2. The number of nitrogens with one attached hydrogen (secondary N) is 2. The van der Waals surface area contributed by atoms with Gasteiger partial charge in [0.1, 0.15) is 6.04 Å². The van der Waals surface area contributed by atoms with Gasteiger partial charge in [-0.2, -0.15) is 0 Å². The minimum Gasteiger partial charge on any atom is -0.354 e. The Labute approximate surface area is 151 Å². The third-order valence-corrected chi connectivity index (χ3v) is 5.45. The van der Waals surface area contributed by atoms with E-state index in [2.05, 4.69) is 38.3 Å². The van der Waals surface area contributed by atoms with E-state index in [-0.39, 0.29) is 17.2 Å². The Hall–Kier alpha value is -1.84. The van der Waals surface area contributed by atoms with Crippen molar-refractivity contribution in [2.24, 2.45) is 17.3 Å². The molecule has 25 heavy (non-hydrogen) atoms. The fourth-order valence-electron chi connectivity index (χ4n) is 3.27. The van der Waals surface area contributed by atoms with Crippen LogP contribution in [0.25, 0.3) is 0 Å². The van der Waals surface area contributed by atoms with Crippen LogP contribution in [0.2, 0.25) is 0 Å². The highest BCUT2D eigenvalue weighted by Gasteiger charge is 2.45. The number of rotatable bonds is 8. The Bertz CT molecular complexity index is 618. The lowest BCUT2D eigenvalue weighted by Gasteiger charge is -2.24. The van der Waals surface area contributed by atoms with E-state index >= 15 is 0 Å². The van der Waals surface area contributed by atoms with Crippen molar-refractivity contribution >= 4 is 11.8 Å². The largest absolute Gasteiger partial charge is 0.354 e. The first-order valence-electron chi connectivity index (χ1n) is 9.39. The van der Waals surface area contributed by atoms with Crippen molar-refractivity contribution in [1.29, 1.82) is 0 Å². The van der Waals surface area contributed by atoms with Crippen molar-refractivity contribution in [1.82, 2.24) is 10.6 Å². The fraction of sp³-hybridized carbons (Fsp3) is 0.619. The minimum absolute atomic E-state index is 0.0671. The number of carbonyl (C=O) groups excluding carboxylic acids is 2. The number of aryl methyl sites for hydroxylation is 1. The molecule has 0 aromatic heterocycles. The summed E-state index contributed by atoms with van der Waals surface area (Å²) in [6.07, 6.45) is 2.99. The molecule has 1 aromatic rings. The van der Waals surface area contributed by atoms with Crippen LogP contribution < -0.4 is 10.6 Å². The summed E-state index contributed by atoms with van der Waals surface area (Å²) in [6, 6.07) is 6.97. The summed E-state index contributed by atoms with van der Waals surface area (Å²) < 4.78 is 0. The van der Waals surface area contributed by atoms with E-state index in [0.717, 1.165) is 5.56 Å². The van der Waals surface area contributed by atoms with E-state index in [1.54, 1.807) is 6.07 Å². The molecule has 1 aliphatic carbocycles.